The summed E-state index contributed by atoms with van der Waals surface area (Å²) < 4.78 is 11.3. The normalized spacial score (nSPS) is 10.4. The number of amides is 1. The summed E-state index contributed by atoms with van der Waals surface area (Å²) in [4.78, 5) is 14.7. The first-order valence-electron chi connectivity index (χ1n) is 9.84. The molecule has 2 N–H and O–H groups in total. The molecule has 0 spiro atoms. The first-order valence-corrected chi connectivity index (χ1v) is 10.3. The van der Waals surface area contributed by atoms with Gasteiger partial charge in [0.25, 0.3) is 5.91 Å². The van der Waals surface area contributed by atoms with Crippen LogP contribution in [0.4, 0.5) is 0 Å². The molecular weight excluding hydrogens is 386 g/mol. The lowest BCUT2D eigenvalue weighted by molar-refractivity contribution is 0.0976. The van der Waals surface area contributed by atoms with Gasteiger partial charge in [0.2, 0.25) is 0 Å². The van der Waals surface area contributed by atoms with E-state index in [4.69, 9.17) is 21.7 Å². The summed E-state index contributed by atoms with van der Waals surface area (Å²) in [5.41, 5.74) is 0.486. The number of nitrogens with one attached hydrogen (secondary N) is 2. The first kappa shape index (κ1) is 22.6. The first-order chi connectivity index (χ1) is 14.1. The summed E-state index contributed by atoms with van der Waals surface area (Å²) in [6, 6.07) is 16.6. The van der Waals surface area contributed by atoms with Gasteiger partial charge in [-0.25, -0.2) is 0 Å². The van der Waals surface area contributed by atoms with E-state index in [-0.39, 0.29) is 5.91 Å². The maximum atomic E-state index is 12.4. The van der Waals surface area contributed by atoms with Gasteiger partial charge in [-0.1, -0.05) is 38.1 Å². The van der Waals surface area contributed by atoms with Gasteiger partial charge in [-0.2, -0.15) is 0 Å². The largest absolute Gasteiger partial charge is 0.490 e. The molecule has 0 radical (unpaired) electrons. The second-order valence-corrected chi connectivity index (χ2v) is 6.68. The number of hydrogen-bond acceptors (Lipinski definition) is 5. The monoisotopic (exact) mass is 415 g/mol. The predicted octanol–water partition coefficient (Wildman–Crippen LogP) is 3.09. The minimum absolute atomic E-state index is 0.267. The number of para-hydroxylation sites is 1. The third-order valence-electron chi connectivity index (χ3n) is 4.30. The van der Waals surface area contributed by atoms with Gasteiger partial charge in [-0.05, 0) is 55.6 Å². The van der Waals surface area contributed by atoms with Crippen molar-refractivity contribution in [3.63, 3.8) is 0 Å². The SMILES string of the molecule is CCN(CC)CCNC(=S)NC(=O)c1cccc(OCCOc2ccccc2)c1. The zero-order valence-corrected chi connectivity index (χ0v) is 17.8. The molecule has 6 nitrogen and oxygen atoms in total. The van der Waals surface area contributed by atoms with Crippen LogP contribution in [0.15, 0.2) is 54.6 Å². The summed E-state index contributed by atoms with van der Waals surface area (Å²) >= 11 is 5.21. The Labute approximate surface area is 178 Å². The van der Waals surface area contributed by atoms with Crippen molar-refractivity contribution in [2.24, 2.45) is 0 Å². The quantitative estimate of drug-likeness (QED) is 0.434. The highest BCUT2D eigenvalue weighted by Crippen LogP contribution is 2.14. The van der Waals surface area contributed by atoms with E-state index in [9.17, 15) is 4.79 Å². The van der Waals surface area contributed by atoms with E-state index in [1.165, 1.54) is 0 Å². The summed E-state index contributed by atoms with van der Waals surface area (Å²) in [5.74, 6) is 1.14. The molecule has 2 aromatic rings. The highest BCUT2D eigenvalue weighted by atomic mass is 32.1. The lowest BCUT2D eigenvalue weighted by atomic mass is 10.2. The molecule has 0 aromatic heterocycles. The van der Waals surface area contributed by atoms with Crippen LogP contribution < -0.4 is 20.1 Å². The van der Waals surface area contributed by atoms with Crippen LogP contribution in [0.3, 0.4) is 0 Å². The average Bonchev–Trinajstić information content (AvgIpc) is 2.75. The minimum Gasteiger partial charge on any atom is -0.490 e. The van der Waals surface area contributed by atoms with Crippen molar-refractivity contribution in [1.82, 2.24) is 15.5 Å². The molecule has 2 aromatic carbocycles. The summed E-state index contributed by atoms with van der Waals surface area (Å²) in [5, 5.41) is 6.09. The van der Waals surface area contributed by atoms with Crippen LogP contribution in [0.1, 0.15) is 24.2 Å². The molecule has 0 fully saturated rings. The van der Waals surface area contributed by atoms with E-state index < -0.39 is 0 Å². The van der Waals surface area contributed by atoms with Crippen molar-refractivity contribution in [2.75, 3.05) is 39.4 Å². The molecule has 0 bridgehead atoms. The molecule has 0 saturated heterocycles. The fraction of sp³-hybridized carbons (Fsp3) is 0.364. The maximum absolute atomic E-state index is 12.4. The van der Waals surface area contributed by atoms with E-state index in [2.05, 4.69) is 29.4 Å². The zero-order chi connectivity index (χ0) is 20.9. The Bertz CT molecular complexity index is 767. The Morgan fingerprint density at radius 2 is 1.62 bits per heavy atom. The lowest BCUT2D eigenvalue weighted by Gasteiger charge is -2.18. The Balaban J connectivity index is 1.74. The van der Waals surface area contributed by atoms with Gasteiger partial charge in [0.1, 0.15) is 24.7 Å². The molecule has 0 saturated carbocycles. The van der Waals surface area contributed by atoms with Crippen LogP contribution in [0.2, 0.25) is 0 Å². The zero-order valence-electron chi connectivity index (χ0n) is 17.0. The standard InChI is InChI=1S/C22H29N3O3S/c1-3-25(4-2)14-13-23-22(29)24-21(26)18-9-8-12-20(17-18)28-16-15-27-19-10-6-5-7-11-19/h5-12,17H,3-4,13-16H2,1-2H3,(H2,23,24,26,29). The van der Waals surface area contributed by atoms with Gasteiger partial charge in [-0.3, -0.25) is 10.1 Å². The fourth-order valence-electron chi connectivity index (χ4n) is 2.65. The second kappa shape index (κ2) is 12.7. The van der Waals surface area contributed by atoms with Crippen LogP contribution >= 0.6 is 12.2 Å². The van der Waals surface area contributed by atoms with E-state index in [0.717, 1.165) is 25.4 Å². The summed E-state index contributed by atoms with van der Waals surface area (Å²) in [6.45, 7) is 8.56. The number of benzene rings is 2. The van der Waals surface area contributed by atoms with Crippen molar-refractivity contribution < 1.29 is 14.3 Å². The summed E-state index contributed by atoms with van der Waals surface area (Å²) in [7, 11) is 0. The van der Waals surface area contributed by atoms with Gasteiger partial charge in [-0.15, -0.1) is 0 Å². The Hall–Kier alpha value is -2.64. The van der Waals surface area contributed by atoms with Crippen molar-refractivity contribution >= 4 is 23.2 Å². The number of carbonyl (C=O) groups excluding carboxylic acids is 1. The number of hydrogen-bond donors (Lipinski definition) is 2. The number of likely N-dealkylation sites (N-methyl/N-ethyl adjacent to an activating group) is 1. The maximum Gasteiger partial charge on any atom is 0.257 e. The van der Waals surface area contributed by atoms with Crippen molar-refractivity contribution in [3.05, 3.63) is 60.2 Å². The third-order valence-corrected chi connectivity index (χ3v) is 4.54. The lowest BCUT2D eigenvalue weighted by Crippen LogP contribution is -2.42. The van der Waals surface area contributed by atoms with Crippen molar-refractivity contribution in [2.45, 2.75) is 13.8 Å². The smallest absolute Gasteiger partial charge is 0.257 e. The van der Waals surface area contributed by atoms with Crippen LogP contribution in [0.25, 0.3) is 0 Å². The second-order valence-electron chi connectivity index (χ2n) is 6.27. The Morgan fingerprint density at radius 1 is 0.966 bits per heavy atom. The number of nitrogens with zero attached hydrogens (tertiary/aromatic N) is 1. The van der Waals surface area contributed by atoms with Crippen LogP contribution in [-0.2, 0) is 0 Å². The summed E-state index contributed by atoms with van der Waals surface area (Å²) in [6.07, 6.45) is 0. The predicted molar refractivity (Wildman–Crippen MR) is 120 cm³/mol. The van der Waals surface area contributed by atoms with Crippen LogP contribution in [0.5, 0.6) is 11.5 Å². The fourth-order valence-corrected chi connectivity index (χ4v) is 2.84. The molecule has 0 heterocycles. The van der Waals surface area contributed by atoms with Gasteiger partial charge in [0.05, 0.1) is 0 Å². The van der Waals surface area contributed by atoms with Crippen LogP contribution in [-0.4, -0.2) is 55.3 Å². The highest BCUT2D eigenvalue weighted by molar-refractivity contribution is 7.80. The Kier molecular flexibility index (Phi) is 9.95. The third kappa shape index (κ3) is 8.50. The number of ether oxygens (including phenoxy) is 2. The van der Waals surface area contributed by atoms with Gasteiger partial charge in [0.15, 0.2) is 5.11 Å². The van der Waals surface area contributed by atoms with E-state index in [1.54, 1.807) is 24.3 Å². The number of thiocarbonyl (C=S) groups is 1. The molecule has 2 rings (SSSR count). The average molecular weight is 416 g/mol. The molecule has 156 valence electrons. The van der Waals surface area contributed by atoms with Crippen molar-refractivity contribution in [3.8, 4) is 11.5 Å². The molecular formula is C22H29N3O3S. The molecule has 29 heavy (non-hydrogen) atoms. The molecule has 0 atom stereocenters. The Morgan fingerprint density at radius 3 is 2.31 bits per heavy atom. The van der Waals surface area contributed by atoms with Gasteiger partial charge < -0.3 is 19.7 Å². The topological polar surface area (TPSA) is 62.8 Å². The molecule has 0 aliphatic rings. The highest BCUT2D eigenvalue weighted by Gasteiger charge is 2.09. The molecule has 1 amide bonds. The number of rotatable bonds is 11. The van der Waals surface area contributed by atoms with E-state index in [0.29, 0.717) is 36.2 Å². The van der Waals surface area contributed by atoms with Crippen molar-refractivity contribution in [1.29, 1.82) is 0 Å². The van der Waals surface area contributed by atoms with E-state index >= 15 is 0 Å². The van der Waals surface area contributed by atoms with Gasteiger partial charge >= 0.3 is 0 Å². The molecule has 0 aliphatic carbocycles. The molecule has 7 heteroatoms. The van der Waals surface area contributed by atoms with Crippen LogP contribution in [0, 0.1) is 0 Å². The number of carbonyl (C=O) groups is 1. The minimum atomic E-state index is -0.267. The molecule has 0 aliphatic heterocycles. The van der Waals surface area contributed by atoms with E-state index in [1.807, 2.05) is 30.3 Å². The van der Waals surface area contributed by atoms with Gasteiger partial charge in [0, 0.05) is 18.7 Å². The molecule has 0 unspecified atom stereocenters.